The van der Waals surface area contributed by atoms with Crippen LogP contribution >= 0.6 is 0 Å². The molecular formula is C20H25N3O4. The molecule has 2 rings (SSSR count). The number of fused-ring (bicyclic) bond motifs is 1. The molecule has 0 bridgehead atoms. The summed E-state index contributed by atoms with van der Waals surface area (Å²) in [6.45, 7) is 7.75. The molecule has 2 aromatic rings. The minimum atomic E-state index is -0.688. The Balaban J connectivity index is 2.05. The quantitative estimate of drug-likeness (QED) is 0.761. The number of benzene rings is 1. The van der Waals surface area contributed by atoms with Gasteiger partial charge in [0.15, 0.2) is 6.61 Å². The molecule has 0 fully saturated rings. The van der Waals surface area contributed by atoms with Crippen LogP contribution in [0.5, 0.6) is 0 Å². The van der Waals surface area contributed by atoms with Gasteiger partial charge in [-0.1, -0.05) is 45.9 Å². The number of urea groups is 1. The number of hydrogen-bond donors (Lipinski definition) is 2. The van der Waals surface area contributed by atoms with Crippen molar-refractivity contribution < 1.29 is 19.1 Å². The van der Waals surface area contributed by atoms with Gasteiger partial charge in [-0.25, -0.2) is 9.59 Å². The number of pyridine rings is 1. The fourth-order valence-corrected chi connectivity index (χ4v) is 2.37. The lowest BCUT2D eigenvalue weighted by Crippen LogP contribution is -2.42. The molecule has 3 amide bonds. The number of rotatable bonds is 6. The van der Waals surface area contributed by atoms with Crippen molar-refractivity contribution in [3.05, 3.63) is 41.6 Å². The minimum absolute atomic E-state index is 0.133. The summed E-state index contributed by atoms with van der Waals surface area (Å²) in [7, 11) is 0. The van der Waals surface area contributed by atoms with Gasteiger partial charge in [-0.15, -0.1) is 0 Å². The number of para-hydroxylation sites is 1. The van der Waals surface area contributed by atoms with E-state index in [0.717, 1.165) is 5.69 Å². The lowest BCUT2D eigenvalue weighted by Gasteiger charge is -2.12. The van der Waals surface area contributed by atoms with Crippen molar-refractivity contribution in [1.82, 2.24) is 15.6 Å². The van der Waals surface area contributed by atoms with Crippen LogP contribution in [0.15, 0.2) is 30.3 Å². The predicted molar refractivity (Wildman–Crippen MR) is 102 cm³/mol. The Bertz CT molecular complexity index is 846. The first kappa shape index (κ1) is 20.4. The molecular weight excluding hydrogens is 346 g/mol. The zero-order chi connectivity index (χ0) is 20.0. The Morgan fingerprint density at radius 3 is 2.48 bits per heavy atom. The maximum absolute atomic E-state index is 12.5. The van der Waals surface area contributed by atoms with E-state index in [-0.39, 0.29) is 11.8 Å². The van der Waals surface area contributed by atoms with E-state index in [9.17, 15) is 14.4 Å². The van der Waals surface area contributed by atoms with Crippen molar-refractivity contribution in [2.45, 2.75) is 33.6 Å². The summed E-state index contributed by atoms with van der Waals surface area (Å²) in [6, 6.07) is 8.33. The Labute approximate surface area is 158 Å². The van der Waals surface area contributed by atoms with Crippen LogP contribution in [0.3, 0.4) is 0 Å². The van der Waals surface area contributed by atoms with E-state index in [1.807, 2.05) is 45.9 Å². The van der Waals surface area contributed by atoms with Gasteiger partial charge in [-0.2, -0.15) is 0 Å². The third-order valence-corrected chi connectivity index (χ3v) is 3.81. The number of carbonyl (C=O) groups excluding carboxylic acids is 3. The Morgan fingerprint density at radius 1 is 1.11 bits per heavy atom. The molecule has 0 atom stereocenters. The smallest absolute Gasteiger partial charge is 0.339 e. The molecule has 0 unspecified atom stereocenters. The standard InChI is InChI=1S/C20H25N3O4/c1-12(2)10-21-20(26)23-18(24)11-27-19(25)15-9-17(13(3)4)22-16-8-6-5-7-14(15)16/h5-9,12-13H,10-11H2,1-4H3,(H2,21,23,24,26). The van der Waals surface area contributed by atoms with Gasteiger partial charge in [0.25, 0.3) is 5.91 Å². The SMILES string of the molecule is CC(C)CNC(=O)NC(=O)COC(=O)c1cc(C(C)C)nc2ccccc12. The zero-order valence-electron chi connectivity index (χ0n) is 16.0. The molecule has 27 heavy (non-hydrogen) atoms. The Morgan fingerprint density at radius 2 is 1.81 bits per heavy atom. The fraction of sp³-hybridized carbons (Fsp3) is 0.400. The topological polar surface area (TPSA) is 97.4 Å². The maximum Gasteiger partial charge on any atom is 0.339 e. The molecule has 1 heterocycles. The average molecular weight is 371 g/mol. The average Bonchev–Trinajstić information content (AvgIpc) is 2.63. The van der Waals surface area contributed by atoms with E-state index in [2.05, 4.69) is 15.6 Å². The largest absolute Gasteiger partial charge is 0.452 e. The third kappa shape index (κ3) is 5.77. The highest BCUT2D eigenvalue weighted by atomic mass is 16.5. The molecule has 0 saturated carbocycles. The highest BCUT2D eigenvalue weighted by Crippen LogP contribution is 2.23. The van der Waals surface area contributed by atoms with Gasteiger partial charge < -0.3 is 10.1 Å². The summed E-state index contributed by atoms with van der Waals surface area (Å²) in [6.07, 6.45) is 0. The predicted octanol–water partition coefficient (Wildman–Crippen LogP) is 3.00. The van der Waals surface area contributed by atoms with Gasteiger partial charge in [0.1, 0.15) is 0 Å². The van der Waals surface area contributed by atoms with E-state index in [0.29, 0.717) is 23.0 Å². The Kier molecular flexibility index (Phi) is 6.87. The highest BCUT2D eigenvalue weighted by molar-refractivity contribution is 6.04. The van der Waals surface area contributed by atoms with Crippen molar-refractivity contribution in [1.29, 1.82) is 0 Å². The van der Waals surface area contributed by atoms with Crippen molar-refractivity contribution >= 4 is 28.8 Å². The number of imide groups is 1. The highest BCUT2D eigenvalue weighted by Gasteiger charge is 2.17. The molecule has 0 radical (unpaired) electrons. The number of hydrogen-bond acceptors (Lipinski definition) is 5. The summed E-state index contributed by atoms with van der Waals surface area (Å²) in [4.78, 5) is 40.4. The first-order valence-corrected chi connectivity index (χ1v) is 8.92. The van der Waals surface area contributed by atoms with Crippen LogP contribution in [0, 0.1) is 5.92 Å². The lowest BCUT2D eigenvalue weighted by molar-refractivity contribution is -0.123. The zero-order valence-corrected chi connectivity index (χ0v) is 16.0. The summed E-state index contributed by atoms with van der Waals surface area (Å²) in [5, 5.41) is 5.34. The van der Waals surface area contributed by atoms with Gasteiger partial charge in [0.05, 0.1) is 11.1 Å². The maximum atomic E-state index is 12.5. The van der Waals surface area contributed by atoms with Crippen LogP contribution in [0.25, 0.3) is 10.9 Å². The number of carbonyl (C=O) groups is 3. The minimum Gasteiger partial charge on any atom is -0.452 e. The molecule has 2 N–H and O–H groups in total. The van der Waals surface area contributed by atoms with Crippen molar-refractivity contribution in [3.8, 4) is 0 Å². The van der Waals surface area contributed by atoms with Gasteiger partial charge in [0, 0.05) is 17.6 Å². The summed E-state index contributed by atoms with van der Waals surface area (Å²) >= 11 is 0. The van der Waals surface area contributed by atoms with Crippen molar-refractivity contribution in [3.63, 3.8) is 0 Å². The van der Waals surface area contributed by atoms with Gasteiger partial charge in [0.2, 0.25) is 0 Å². The van der Waals surface area contributed by atoms with Crippen molar-refractivity contribution in [2.75, 3.05) is 13.2 Å². The van der Waals surface area contributed by atoms with E-state index in [1.165, 1.54) is 0 Å². The molecule has 0 aliphatic heterocycles. The molecule has 7 nitrogen and oxygen atoms in total. The number of nitrogens with zero attached hydrogens (tertiary/aromatic N) is 1. The van der Waals surface area contributed by atoms with Gasteiger partial charge in [-0.3, -0.25) is 15.1 Å². The van der Waals surface area contributed by atoms with Crippen LogP contribution in [0.2, 0.25) is 0 Å². The van der Waals surface area contributed by atoms with Crippen LogP contribution in [0.4, 0.5) is 4.79 Å². The molecule has 0 aliphatic carbocycles. The van der Waals surface area contributed by atoms with Crippen LogP contribution < -0.4 is 10.6 Å². The van der Waals surface area contributed by atoms with Gasteiger partial charge >= 0.3 is 12.0 Å². The monoisotopic (exact) mass is 371 g/mol. The second kappa shape index (κ2) is 9.12. The molecule has 1 aromatic heterocycles. The second-order valence-corrected chi connectivity index (χ2v) is 6.99. The number of amides is 3. The lowest BCUT2D eigenvalue weighted by atomic mass is 10.0. The molecule has 144 valence electrons. The second-order valence-electron chi connectivity index (χ2n) is 6.99. The number of nitrogens with one attached hydrogen (secondary N) is 2. The Hall–Kier alpha value is -2.96. The summed E-state index contributed by atoms with van der Waals surface area (Å²) < 4.78 is 5.10. The van der Waals surface area contributed by atoms with E-state index < -0.39 is 24.5 Å². The normalized spacial score (nSPS) is 10.9. The molecule has 1 aromatic carbocycles. The first-order chi connectivity index (χ1) is 12.8. The van der Waals surface area contributed by atoms with E-state index in [1.54, 1.807) is 12.1 Å². The van der Waals surface area contributed by atoms with Crippen LogP contribution in [-0.4, -0.2) is 36.0 Å². The molecule has 0 aliphatic rings. The molecule has 7 heteroatoms. The molecule has 0 saturated heterocycles. The summed E-state index contributed by atoms with van der Waals surface area (Å²) in [5.41, 5.74) is 1.80. The van der Waals surface area contributed by atoms with Gasteiger partial charge in [-0.05, 0) is 24.0 Å². The van der Waals surface area contributed by atoms with Crippen molar-refractivity contribution in [2.24, 2.45) is 5.92 Å². The summed E-state index contributed by atoms with van der Waals surface area (Å²) in [5.74, 6) is -0.923. The van der Waals surface area contributed by atoms with E-state index >= 15 is 0 Å². The number of ether oxygens (including phenoxy) is 1. The van der Waals surface area contributed by atoms with Crippen LogP contribution in [0.1, 0.15) is 49.7 Å². The van der Waals surface area contributed by atoms with E-state index in [4.69, 9.17) is 4.74 Å². The number of esters is 1. The first-order valence-electron chi connectivity index (χ1n) is 8.92. The third-order valence-electron chi connectivity index (χ3n) is 3.81. The molecule has 0 spiro atoms. The fourth-order valence-electron chi connectivity index (χ4n) is 2.37. The number of aromatic nitrogens is 1. The van der Waals surface area contributed by atoms with Crippen LogP contribution in [-0.2, 0) is 9.53 Å².